The highest BCUT2D eigenvalue weighted by atomic mass is 32.1. The first kappa shape index (κ1) is 17.6. The molecule has 1 aromatic rings. The summed E-state index contributed by atoms with van der Waals surface area (Å²) >= 11 is 1.30. The maximum Gasteiger partial charge on any atom is 0.247 e. The van der Waals surface area contributed by atoms with Gasteiger partial charge in [0.05, 0.1) is 21.6 Å². The van der Waals surface area contributed by atoms with Gasteiger partial charge in [0.25, 0.3) is 0 Å². The van der Waals surface area contributed by atoms with Gasteiger partial charge in [-0.3, -0.25) is 9.59 Å². The Bertz CT molecular complexity index is 646. The molecule has 6 heteroatoms. The van der Waals surface area contributed by atoms with Crippen LogP contribution in [-0.2, 0) is 10.2 Å². The molecule has 0 aliphatic carbocycles. The lowest BCUT2D eigenvalue weighted by molar-refractivity contribution is -0.133. The van der Waals surface area contributed by atoms with Gasteiger partial charge in [0.1, 0.15) is 0 Å². The normalized spacial score (nSPS) is 16.7. The van der Waals surface area contributed by atoms with Crippen LogP contribution in [0.2, 0.25) is 0 Å². The molecular weight excluding hydrogens is 310 g/mol. The quantitative estimate of drug-likeness (QED) is 0.629. The molecule has 0 radical (unpaired) electrons. The zero-order valence-corrected chi connectivity index (χ0v) is 15.0. The largest absolute Gasteiger partial charge is 0.341 e. The molecular formula is C17H23N3O2S. The van der Waals surface area contributed by atoms with Crippen molar-refractivity contribution in [1.82, 2.24) is 9.88 Å². The second-order valence-corrected chi connectivity index (χ2v) is 7.99. The van der Waals surface area contributed by atoms with Crippen molar-refractivity contribution in [2.45, 2.75) is 52.4 Å². The molecule has 1 saturated heterocycles. The molecule has 1 unspecified atom stereocenters. The van der Waals surface area contributed by atoms with E-state index in [2.05, 4.69) is 4.98 Å². The van der Waals surface area contributed by atoms with Crippen LogP contribution in [0.15, 0.2) is 0 Å². The molecule has 1 aromatic heterocycles. The number of carbonyl (C=O) groups excluding carboxylic acids is 2. The van der Waals surface area contributed by atoms with Crippen LogP contribution in [-0.4, -0.2) is 34.7 Å². The van der Waals surface area contributed by atoms with Crippen molar-refractivity contribution in [3.63, 3.8) is 0 Å². The van der Waals surface area contributed by atoms with Gasteiger partial charge in [0, 0.05) is 18.5 Å². The second-order valence-electron chi connectivity index (χ2n) is 7.00. The van der Waals surface area contributed by atoms with Crippen LogP contribution < -0.4 is 0 Å². The van der Waals surface area contributed by atoms with Gasteiger partial charge in [0.15, 0.2) is 5.92 Å². The molecule has 1 atom stereocenters. The molecule has 0 spiro atoms. The summed E-state index contributed by atoms with van der Waals surface area (Å²) in [7, 11) is 0. The lowest BCUT2D eigenvalue weighted by Crippen LogP contribution is -2.41. The van der Waals surface area contributed by atoms with Crippen molar-refractivity contribution < 1.29 is 9.59 Å². The number of rotatable bonds is 3. The number of thiazole rings is 1. The van der Waals surface area contributed by atoms with Crippen LogP contribution >= 0.6 is 11.3 Å². The van der Waals surface area contributed by atoms with E-state index in [1.54, 1.807) is 11.8 Å². The molecule has 23 heavy (non-hydrogen) atoms. The van der Waals surface area contributed by atoms with E-state index in [9.17, 15) is 14.9 Å². The molecule has 0 N–H and O–H groups in total. The summed E-state index contributed by atoms with van der Waals surface area (Å²) in [5.74, 6) is -2.02. The Morgan fingerprint density at radius 1 is 1.26 bits per heavy atom. The molecule has 5 nitrogen and oxygen atoms in total. The van der Waals surface area contributed by atoms with Gasteiger partial charge in [0.2, 0.25) is 11.7 Å². The second kappa shape index (κ2) is 6.79. The smallest absolute Gasteiger partial charge is 0.247 e. The van der Waals surface area contributed by atoms with E-state index in [1.807, 2.05) is 26.8 Å². The van der Waals surface area contributed by atoms with Gasteiger partial charge in [-0.2, -0.15) is 5.26 Å². The number of amides is 1. The van der Waals surface area contributed by atoms with Crippen LogP contribution in [0.5, 0.6) is 0 Å². The lowest BCUT2D eigenvalue weighted by Gasteiger charge is -2.27. The van der Waals surface area contributed by atoms with Gasteiger partial charge in [-0.15, -0.1) is 11.3 Å². The molecule has 1 fully saturated rings. The fourth-order valence-electron chi connectivity index (χ4n) is 2.60. The molecule has 0 saturated carbocycles. The van der Waals surface area contributed by atoms with E-state index < -0.39 is 11.7 Å². The topological polar surface area (TPSA) is 74.1 Å². The van der Waals surface area contributed by atoms with Crippen molar-refractivity contribution in [3.8, 4) is 6.07 Å². The maximum absolute atomic E-state index is 12.7. The lowest BCUT2D eigenvalue weighted by atomic mass is 9.98. The summed E-state index contributed by atoms with van der Waals surface area (Å²) in [4.78, 5) is 31.8. The summed E-state index contributed by atoms with van der Waals surface area (Å²) in [6.45, 7) is 9.12. The fourth-order valence-corrected chi connectivity index (χ4v) is 3.69. The minimum Gasteiger partial charge on any atom is -0.341 e. The number of nitrogens with zero attached hydrogens (tertiary/aromatic N) is 3. The Kier molecular flexibility index (Phi) is 5.20. The van der Waals surface area contributed by atoms with Crippen molar-refractivity contribution in [1.29, 1.82) is 5.26 Å². The molecule has 2 heterocycles. The van der Waals surface area contributed by atoms with E-state index in [1.165, 1.54) is 11.3 Å². The van der Waals surface area contributed by atoms with Crippen molar-refractivity contribution in [2.75, 3.05) is 13.1 Å². The van der Waals surface area contributed by atoms with E-state index in [4.69, 9.17) is 0 Å². The number of piperidine rings is 1. The zero-order valence-electron chi connectivity index (χ0n) is 14.2. The fraction of sp³-hybridized carbons (Fsp3) is 0.647. The number of hydrogen-bond donors (Lipinski definition) is 0. The minimum atomic E-state index is -1.25. The SMILES string of the molecule is Cc1nc(C(C)(C)C)sc1C(=O)C(C#N)C(=O)N1CCCCC1. The Hall–Kier alpha value is -1.74. The van der Waals surface area contributed by atoms with Gasteiger partial charge in [-0.05, 0) is 26.2 Å². The molecule has 0 bridgehead atoms. The van der Waals surface area contributed by atoms with E-state index in [0.29, 0.717) is 23.7 Å². The summed E-state index contributed by atoms with van der Waals surface area (Å²) in [6, 6.07) is 1.91. The average molecular weight is 333 g/mol. The summed E-state index contributed by atoms with van der Waals surface area (Å²) < 4.78 is 0. The Morgan fingerprint density at radius 3 is 2.35 bits per heavy atom. The molecule has 1 aliphatic rings. The molecule has 2 rings (SSSR count). The standard InChI is InChI=1S/C17H23N3O2S/c1-11-14(23-16(19-11)17(2,3)4)13(21)12(10-18)15(22)20-8-6-5-7-9-20/h12H,5-9H2,1-4H3. The van der Waals surface area contributed by atoms with Crippen molar-refractivity contribution in [2.24, 2.45) is 5.92 Å². The van der Waals surface area contributed by atoms with Gasteiger partial charge in [-0.1, -0.05) is 20.8 Å². The number of ketones is 1. The van der Waals surface area contributed by atoms with E-state index in [0.717, 1.165) is 24.3 Å². The van der Waals surface area contributed by atoms with Gasteiger partial charge in [-0.25, -0.2) is 4.98 Å². The third-order valence-corrected chi connectivity index (χ3v) is 5.57. The zero-order chi connectivity index (χ0) is 17.2. The van der Waals surface area contributed by atoms with Crippen LogP contribution in [0, 0.1) is 24.2 Å². The Balaban J connectivity index is 2.25. The summed E-state index contributed by atoms with van der Waals surface area (Å²) in [6.07, 6.45) is 2.97. The molecule has 1 amide bonds. The van der Waals surface area contributed by atoms with Crippen molar-refractivity contribution >= 4 is 23.0 Å². The predicted octanol–water partition coefficient (Wildman–Crippen LogP) is 3.08. The van der Waals surface area contributed by atoms with Crippen LogP contribution in [0.3, 0.4) is 0 Å². The Morgan fingerprint density at radius 2 is 1.87 bits per heavy atom. The first-order valence-corrected chi connectivity index (χ1v) is 8.78. The first-order chi connectivity index (χ1) is 10.8. The Labute approximate surface area is 141 Å². The van der Waals surface area contributed by atoms with E-state index in [-0.39, 0.29) is 11.3 Å². The first-order valence-electron chi connectivity index (χ1n) is 7.96. The monoisotopic (exact) mass is 333 g/mol. The number of aromatic nitrogens is 1. The number of carbonyl (C=O) groups is 2. The summed E-state index contributed by atoms with van der Waals surface area (Å²) in [5, 5.41) is 10.2. The predicted molar refractivity (Wildman–Crippen MR) is 89.4 cm³/mol. The number of aryl methyl sites for hydroxylation is 1. The number of likely N-dealkylation sites (tertiary alicyclic amines) is 1. The third-order valence-electron chi connectivity index (χ3n) is 3.97. The average Bonchev–Trinajstić information content (AvgIpc) is 2.90. The minimum absolute atomic E-state index is 0.160. The highest BCUT2D eigenvalue weighted by molar-refractivity contribution is 7.14. The van der Waals surface area contributed by atoms with Crippen LogP contribution in [0.25, 0.3) is 0 Å². The summed E-state index contributed by atoms with van der Waals surface area (Å²) in [5.41, 5.74) is 0.448. The molecule has 124 valence electrons. The van der Waals surface area contributed by atoms with Gasteiger partial charge < -0.3 is 4.90 Å². The van der Waals surface area contributed by atoms with Crippen molar-refractivity contribution in [3.05, 3.63) is 15.6 Å². The molecule has 1 aliphatic heterocycles. The highest BCUT2D eigenvalue weighted by Crippen LogP contribution is 2.31. The number of hydrogen-bond acceptors (Lipinski definition) is 5. The number of Topliss-reactive ketones (excluding diaryl/α,β-unsaturated/α-hetero) is 1. The maximum atomic E-state index is 12.7. The van der Waals surface area contributed by atoms with E-state index >= 15 is 0 Å². The van der Waals surface area contributed by atoms with Crippen LogP contribution in [0.4, 0.5) is 0 Å². The van der Waals surface area contributed by atoms with Gasteiger partial charge >= 0.3 is 0 Å². The van der Waals surface area contributed by atoms with Crippen LogP contribution in [0.1, 0.15) is 60.4 Å². The highest BCUT2D eigenvalue weighted by Gasteiger charge is 2.35. The number of nitriles is 1. The molecule has 0 aromatic carbocycles. The third kappa shape index (κ3) is 3.78.